The Bertz CT molecular complexity index is 945. The Labute approximate surface area is 153 Å². The van der Waals surface area contributed by atoms with Gasteiger partial charge < -0.3 is 9.51 Å². The summed E-state index contributed by atoms with van der Waals surface area (Å²) in [5, 5.41) is 8.91. The maximum Gasteiger partial charge on any atom is 0.237 e. The first-order valence-electron chi connectivity index (χ1n) is 7.85. The molecule has 5 nitrogen and oxygen atoms in total. The highest BCUT2D eigenvalue weighted by molar-refractivity contribution is 7.98. The van der Waals surface area contributed by atoms with Gasteiger partial charge in [-0.25, -0.2) is 4.98 Å². The van der Waals surface area contributed by atoms with Crippen molar-refractivity contribution in [3.8, 4) is 11.4 Å². The first-order valence-corrected chi connectivity index (χ1v) is 9.78. The average Bonchev–Trinajstić information content (AvgIpc) is 3.35. The molecule has 0 unspecified atom stereocenters. The van der Waals surface area contributed by atoms with E-state index < -0.39 is 0 Å². The predicted octanol–water partition coefficient (Wildman–Crippen LogP) is 4.71. The molecular weight excluding hydrogens is 352 g/mol. The van der Waals surface area contributed by atoms with E-state index in [1.807, 2.05) is 35.0 Å². The number of nitrogens with one attached hydrogen (secondary N) is 1. The molecule has 1 aromatic carbocycles. The summed E-state index contributed by atoms with van der Waals surface area (Å²) < 4.78 is 5.32. The lowest BCUT2D eigenvalue weighted by Crippen LogP contribution is -1.90. The van der Waals surface area contributed by atoms with Crippen LogP contribution in [-0.2, 0) is 12.2 Å². The highest BCUT2D eigenvalue weighted by Gasteiger charge is 2.12. The fourth-order valence-corrected chi connectivity index (χ4v) is 3.86. The molecule has 4 aromatic rings. The van der Waals surface area contributed by atoms with Crippen LogP contribution in [0.4, 0.5) is 0 Å². The van der Waals surface area contributed by atoms with Gasteiger partial charge in [-0.3, -0.25) is 0 Å². The van der Waals surface area contributed by atoms with Crippen LogP contribution in [0.25, 0.3) is 11.4 Å². The molecule has 0 saturated heterocycles. The van der Waals surface area contributed by atoms with Gasteiger partial charge in [-0.2, -0.15) is 16.3 Å². The molecule has 0 bridgehead atoms. The molecule has 0 atom stereocenters. The lowest BCUT2D eigenvalue weighted by molar-refractivity contribution is 0.391. The van der Waals surface area contributed by atoms with E-state index in [0.717, 1.165) is 28.5 Å². The smallest absolute Gasteiger partial charge is 0.237 e. The molecule has 3 heterocycles. The molecule has 3 aromatic heterocycles. The molecule has 0 fully saturated rings. The Balaban J connectivity index is 1.41. The Hall–Kier alpha value is -2.38. The fraction of sp³-hybridized carbons (Fsp3) is 0.167. The summed E-state index contributed by atoms with van der Waals surface area (Å²) in [4.78, 5) is 12.5. The lowest BCUT2D eigenvalue weighted by atomic mass is 10.1. The van der Waals surface area contributed by atoms with Crippen LogP contribution in [0.3, 0.4) is 0 Å². The van der Waals surface area contributed by atoms with Gasteiger partial charge in [0.15, 0.2) is 5.16 Å². The molecule has 126 valence electrons. The summed E-state index contributed by atoms with van der Waals surface area (Å²) >= 11 is 3.19. The summed E-state index contributed by atoms with van der Waals surface area (Å²) in [6, 6.07) is 12.3. The minimum atomic E-state index is 0.592. The van der Waals surface area contributed by atoms with Crippen LogP contribution in [0.5, 0.6) is 0 Å². The first-order chi connectivity index (χ1) is 12.3. The van der Waals surface area contributed by atoms with Crippen LogP contribution in [0.2, 0.25) is 0 Å². The van der Waals surface area contributed by atoms with Crippen molar-refractivity contribution in [1.29, 1.82) is 0 Å². The maximum atomic E-state index is 5.32. The van der Waals surface area contributed by atoms with Crippen molar-refractivity contribution in [2.24, 2.45) is 0 Å². The zero-order chi connectivity index (χ0) is 17.1. The Morgan fingerprint density at radius 2 is 2.04 bits per heavy atom. The summed E-state index contributed by atoms with van der Waals surface area (Å²) in [5.74, 6) is 1.83. The standard InChI is InChI=1S/C18H16N4OS2/c1-12-15(9-13-5-3-2-4-6-13)20-18(19-12)25-11-16-21-17(22-23-16)14-7-8-24-10-14/h2-8,10H,9,11H2,1H3,(H,19,20). The highest BCUT2D eigenvalue weighted by atomic mass is 32.2. The van der Waals surface area contributed by atoms with Gasteiger partial charge in [0.2, 0.25) is 11.7 Å². The molecule has 4 rings (SSSR count). The van der Waals surface area contributed by atoms with Crippen LogP contribution in [0.15, 0.2) is 56.8 Å². The van der Waals surface area contributed by atoms with Crippen molar-refractivity contribution in [2.45, 2.75) is 24.3 Å². The van der Waals surface area contributed by atoms with E-state index in [4.69, 9.17) is 9.51 Å². The Kier molecular flexibility index (Phi) is 4.67. The number of aromatic nitrogens is 4. The number of imidazole rings is 1. The van der Waals surface area contributed by atoms with E-state index >= 15 is 0 Å². The number of H-pyrrole nitrogens is 1. The van der Waals surface area contributed by atoms with Crippen LogP contribution in [0, 0.1) is 6.92 Å². The van der Waals surface area contributed by atoms with Crippen molar-refractivity contribution >= 4 is 23.1 Å². The van der Waals surface area contributed by atoms with Crippen molar-refractivity contribution in [2.75, 3.05) is 0 Å². The number of hydrogen-bond acceptors (Lipinski definition) is 6. The minimum absolute atomic E-state index is 0.592. The van der Waals surface area contributed by atoms with Gasteiger partial charge in [0, 0.05) is 23.1 Å². The fourth-order valence-electron chi connectivity index (χ4n) is 2.45. The van der Waals surface area contributed by atoms with Crippen molar-refractivity contribution in [3.05, 3.63) is 70.0 Å². The van der Waals surface area contributed by atoms with Gasteiger partial charge in [0.25, 0.3) is 0 Å². The molecule has 1 N–H and O–H groups in total. The third-order valence-corrected chi connectivity index (χ3v) is 5.30. The normalized spacial score (nSPS) is 11.1. The third-order valence-electron chi connectivity index (χ3n) is 3.76. The molecule has 0 aliphatic rings. The van der Waals surface area contributed by atoms with E-state index in [2.05, 4.69) is 34.2 Å². The quantitative estimate of drug-likeness (QED) is 0.499. The molecule has 0 amide bonds. The average molecular weight is 368 g/mol. The second kappa shape index (κ2) is 7.25. The highest BCUT2D eigenvalue weighted by Crippen LogP contribution is 2.24. The molecule has 0 aliphatic carbocycles. The molecule has 0 aliphatic heterocycles. The Morgan fingerprint density at radius 3 is 2.84 bits per heavy atom. The number of aryl methyl sites for hydroxylation is 1. The zero-order valence-electron chi connectivity index (χ0n) is 13.6. The second-order valence-corrected chi connectivity index (χ2v) is 7.33. The van der Waals surface area contributed by atoms with Gasteiger partial charge in [-0.1, -0.05) is 47.3 Å². The van der Waals surface area contributed by atoms with Crippen LogP contribution < -0.4 is 0 Å². The van der Waals surface area contributed by atoms with E-state index in [-0.39, 0.29) is 0 Å². The van der Waals surface area contributed by atoms with Crippen molar-refractivity contribution in [1.82, 2.24) is 20.1 Å². The lowest BCUT2D eigenvalue weighted by Gasteiger charge is -1.98. The third kappa shape index (κ3) is 3.83. The van der Waals surface area contributed by atoms with E-state index in [9.17, 15) is 0 Å². The van der Waals surface area contributed by atoms with Gasteiger partial charge >= 0.3 is 0 Å². The molecule has 0 spiro atoms. The van der Waals surface area contributed by atoms with E-state index in [0.29, 0.717) is 17.5 Å². The predicted molar refractivity (Wildman–Crippen MR) is 99.7 cm³/mol. The SMILES string of the molecule is Cc1[nH]c(SCc2nc(-c3ccsc3)no2)nc1Cc1ccccc1. The van der Waals surface area contributed by atoms with E-state index in [1.165, 1.54) is 5.56 Å². The number of thiophene rings is 1. The first kappa shape index (κ1) is 16.1. The molecule has 0 saturated carbocycles. The topological polar surface area (TPSA) is 67.6 Å². The van der Waals surface area contributed by atoms with Gasteiger partial charge in [-0.05, 0) is 23.9 Å². The van der Waals surface area contributed by atoms with Gasteiger partial charge in [0.05, 0.1) is 11.4 Å². The van der Waals surface area contributed by atoms with Crippen LogP contribution >= 0.6 is 23.1 Å². The summed E-state index contributed by atoms with van der Waals surface area (Å²) in [6.07, 6.45) is 0.826. The largest absolute Gasteiger partial charge is 0.338 e. The molecular formula is C18H16N4OS2. The van der Waals surface area contributed by atoms with Gasteiger partial charge in [0.1, 0.15) is 0 Å². The number of aromatic amines is 1. The summed E-state index contributed by atoms with van der Waals surface area (Å²) in [7, 11) is 0. The summed E-state index contributed by atoms with van der Waals surface area (Å²) in [5.41, 5.74) is 4.41. The van der Waals surface area contributed by atoms with Crippen LogP contribution in [0.1, 0.15) is 22.8 Å². The van der Waals surface area contributed by atoms with E-state index in [1.54, 1.807) is 23.1 Å². The number of benzene rings is 1. The number of nitrogens with zero attached hydrogens (tertiary/aromatic N) is 3. The number of hydrogen-bond donors (Lipinski definition) is 1. The van der Waals surface area contributed by atoms with Crippen molar-refractivity contribution < 1.29 is 4.52 Å². The minimum Gasteiger partial charge on any atom is -0.338 e. The number of rotatable bonds is 6. The second-order valence-electron chi connectivity index (χ2n) is 5.59. The summed E-state index contributed by atoms with van der Waals surface area (Å²) in [6.45, 7) is 2.05. The Morgan fingerprint density at radius 1 is 1.16 bits per heavy atom. The zero-order valence-corrected chi connectivity index (χ0v) is 15.2. The molecule has 0 radical (unpaired) electrons. The number of thioether (sulfide) groups is 1. The molecule has 7 heteroatoms. The monoisotopic (exact) mass is 368 g/mol. The maximum absolute atomic E-state index is 5.32. The molecule has 25 heavy (non-hydrogen) atoms. The van der Waals surface area contributed by atoms with Crippen LogP contribution in [-0.4, -0.2) is 20.1 Å². The van der Waals surface area contributed by atoms with Gasteiger partial charge in [-0.15, -0.1) is 0 Å². The van der Waals surface area contributed by atoms with Crippen molar-refractivity contribution in [3.63, 3.8) is 0 Å².